The molecule has 0 aromatic rings. The first-order valence-corrected chi connectivity index (χ1v) is 13.6. The highest BCUT2D eigenvalue weighted by Gasteiger charge is 2.45. The maximum atomic E-state index is 13.5. The second-order valence-corrected chi connectivity index (χ2v) is 10.5. The van der Waals surface area contributed by atoms with Crippen LogP contribution < -0.4 is 0 Å². The fraction of sp³-hybridized carbons (Fsp3) is 0.607. The Morgan fingerprint density at radius 3 is 2.56 bits per heavy atom. The predicted octanol–water partition coefficient (Wildman–Crippen LogP) is 5.00. The van der Waals surface area contributed by atoms with Crippen molar-refractivity contribution in [3.63, 3.8) is 0 Å². The standard InChI is InChI=1S/C28H41IO7/c1-7-14-28(6)23(30)15-25(32)36-22(19(4)16-29)13-12-21(17-35-24(31)8-2)11-9-10-18(3)26(33)20(5)27(28)34/h7-8,12,16,18,20,22-23,26,30,33H,1-2,9-11,13-15,17H2,3-6H3/b19-16+,21-12+/t18-,20+,22-,23-,26-,28+/m0/s1. The summed E-state index contributed by atoms with van der Waals surface area (Å²) in [5, 5.41) is 22.0. The molecule has 1 aliphatic heterocycles. The third-order valence-electron chi connectivity index (χ3n) is 7.03. The number of carbonyl (C=O) groups excluding carboxylic acids is 3. The highest BCUT2D eigenvalue weighted by Crippen LogP contribution is 2.36. The van der Waals surface area contributed by atoms with Gasteiger partial charge in [-0.15, -0.1) is 6.58 Å². The summed E-state index contributed by atoms with van der Waals surface area (Å²) in [6.45, 7) is 14.2. The molecular weight excluding hydrogens is 575 g/mol. The van der Waals surface area contributed by atoms with Crippen LogP contribution in [-0.2, 0) is 23.9 Å². The maximum absolute atomic E-state index is 13.5. The molecule has 202 valence electrons. The number of ketones is 1. The molecule has 0 aromatic heterocycles. The summed E-state index contributed by atoms with van der Waals surface area (Å²) >= 11 is 2.08. The van der Waals surface area contributed by atoms with E-state index in [1.54, 1.807) is 19.9 Å². The van der Waals surface area contributed by atoms with Crippen LogP contribution in [0.1, 0.15) is 66.2 Å². The van der Waals surface area contributed by atoms with Crippen molar-refractivity contribution in [3.8, 4) is 0 Å². The molecule has 0 fully saturated rings. The molecule has 0 radical (unpaired) electrons. The van der Waals surface area contributed by atoms with E-state index in [4.69, 9.17) is 9.47 Å². The minimum atomic E-state index is -1.30. The Morgan fingerprint density at radius 1 is 1.31 bits per heavy atom. The molecule has 0 amide bonds. The van der Waals surface area contributed by atoms with E-state index in [1.807, 2.05) is 24.0 Å². The zero-order chi connectivity index (χ0) is 27.5. The van der Waals surface area contributed by atoms with Gasteiger partial charge in [-0.3, -0.25) is 9.59 Å². The first-order chi connectivity index (χ1) is 16.9. The van der Waals surface area contributed by atoms with Crippen LogP contribution in [0.15, 0.2) is 46.6 Å². The van der Waals surface area contributed by atoms with Crippen molar-refractivity contribution in [2.75, 3.05) is 6.61 Å². The number of rotatable bonds is 6. The Balaban J connectivity index is 3.36. The molecule has 0 saturated heterocycles. The molecule has 6 atom stereocenters. The Labute approximate surface area is 228 Å². The maximum Gasteiger partial charge on any atom is 0.330 e. The number of carbonyl (C=O) groups is 3. The average Bonchev–Trinajstić information content (AvgIpc) is 2.85. The molecule has 0 spiro atoms. The van der Waals surface area contributed by atoms with Crippen LogP contribution in [0.3, 0.4) is 0 Å². The summed E-state index contributed by atoms with van der Waals surface area (Å²) in [7, 11) is 0. The van der Waals surface area contributed by atoms with E-state index in [9.17, 15) is 24.6 Å². The first kappa shape index (κ1) is 32.2. The van der Waals surface area contributed by atoms with Crippen molar-refractivity contribution in [2.24, 2.45) is 17.3 Å². The van der Waals surface area contributed by atoms with Gasteiger partial charge >= 0.3 is 11.9 Å². The lowest BCUT2D eigenvalue weighted by Gasteiger charge is -2.36. The van der Waals surface area contributed by atoms with E-state index in [0.29, 0.717) is 25.7 Å². The van der Waals surface area contributed by atoms with Crippen molar-refractivity contribution < 1.29 is 34.1 Å². The Hall–Kier alpha value is -1.78. The third-order valence-corrected chi connectivity index (χ3v) is 8.02. The first-order valence-electron chi connectivity index (χ1n) is 12.4. The lowest BCUT2D eigenvalue weighted by Crippen LogP contribution is -2.47. The smallest absolute Gasteiger partial charge is 0.330 e. The molecule has 0 bridgehead atoms. The van der Waals surface area contributed by atoms with Crippen LogP contribution in [0.25, 0.3) is 0 Å². The molecule has 7 nitrogen and oxygen atoms in total. The molecule has 1 aliphatic rings. The molecule has 0 aliphatic carbocycles. The summed E-state index contributed by atoms with van der Waals surface area (Å²) in [6.07, 6.45) is 3.90. The fourth-order valence-electron chi connectivity index (χ4n) is 4.41. The average molecular weight is 617 g/mol. The zero-order valence-corrected chi connectivity index (χ0v) is 24.0. The second kappa shape index (κ2) is 15.5. The lowest BCUT2D eigenvalue weighted by atomic mass is 9.69. The lowest BCUT2D eigenvalue weighted by molar-refractivity contribution is -0.154. The van der Waals surface area contributed by atoms with Gasteiger partial charge in [0.05, 0.1) is 24.0 Å². The highest BCUT2D eigenvalue weighted by molar-refractivity contribution is 14.1. The van der Waals surface area contributed by atoms with Gasteiger partial charge in [0, 0.05) is 18.4 Å². The van der Waals surface area contributed by atoms with E-state index >= 15 is 0 Å². The monoisotopic (exact) mass is 616 g/mol. The summed E-state index contributed by atoms with van der Waals surface area (Å²) in [5.41, 5.74) is 0.404. The van der Waals surface area contributed by atoms with Gasteiger partial charge in [-0.1, -0.05) is 55.2 Å². The molecule has 0 aromatic carbocycles. The number of hydrogen-bond acceptors (Lipinski definition) is 7. The van der Waals surface area contributed by atoms with Gasteiger partial charge in [-0.05, 0) is 60.7 Å². The summed E-state index contributed by atoms with van der Waals surface area (Å²) in [5.74, 6) is -2.40. The largest absolute Gasteiger partial charge is 0.458 e. The Kier molecular flexibility index (Phi) is 13.9. The summed E-state index contributed by atoms with van der Waals surface area (Å²) in [4.78, 5) is 37.9. The van der Waals surface area contributed by atoms with Crippen LogP contribution in [0.2, 0.25) is 0 Å². The highest BCUT2D eigenvalue weighted by atomic mass is 127. The summed E-state index contributed by atoms with van der Waals surface area (Å²) in [6, 6.07) is 0. The van der Waals surface area contributed by atoms with Gasteiger partial charge in [-0.25, -0.2) is 4.79 Å². The van der Waals surface area contributed by atoms with Gasteiger partial charge in [0.1, 0.15) is 18.5 Å². The molecule has 2 N–H and O–H groups in total. The zero-order valence-electron chi connectivity index (χ0n) is 21.9. The number of cyclic esters (lactones) is 1. The van der Waals surface area contributed by atoms with Crippen LogP contribution in [-0.4, -0.2) is 52.9 Å². The summed E-state index contributed by atoms with van der Waals surface area (Å²) < 4.78 is 12.8. The number of hydrogen-bond donors (Lipinski definition) is 2. The Bertz CT molecular complexity index is 862. The molecule has 1 heterocycles. The normalized spacial score (nSPS) is 33.1. The minimum Gasteiger partial charge on any atom is -0.458 e. The van der Waals surface area contributed by atoms with E-state index in [2.05, 4.69) is 35.7 Å². The number of ether oxygens (including phenoxy) is 2. The van der Waals surface area contributed by atoms with Gasteiger partial charge < -0.3 is 19.7 Å². The predicted molar refractivity (Wildman–Crippen MR) is 148 cm³/mol. The number of allylic oxidation sites excluding steroid dienone is 1. The van der Waals surface area contributed by atoms with E-state index in [1.165, 1.54) is 0 Å². The van der Waals surface area contributed by atoms with Gasteiger partial charge in [0.15, 0.2) is 0 Å². The number of aliphatic hydroxyl groups excluding tert-OH is 2. The SMILES string of the molecule is C=CC[C@@]1(C)C(=O)[C@H](C)[C@@H](O)[C@@H](C)CCC/C(COC(=O)C=C)=C\C[C@@H](/C(C)=C/I)OC(=O)C[C@@H]1O. The van der Waals surface area contributed by atoms with Crippen molar-refractivity contribution in [1.29, 1.82) is 0 Å². The van der Waals surface area contributed by atoms with Crippen LogP contribution in [0.4, 0.5) is 0 Å². The van der Waals surface area contributed by atoms with Gasteiger partial charge in [-0.2, -0.15) is 0 Å². The van der Waals surface area contributed by atoms with Gasteiger partial charge in [0.2, 0.25) is 0 Å². The van der Waals surface area contributed by atoms with Crippen molar-refractivity contribution >= 4 is 40.3 Å². The number of aliphatic hydroxyl groups is 2. The van der Waals surface area contributed by atoms with Crippen LogP contribution in [0, 0.1) is 17.3 Å². The molecule has 8 heteroatoms. The molecule has 0 saturated carbocycles. The van der Waals surface area contributed by atoms with Crippen LogP contribution >= 0.6 is 22.6 Å². The quantitative estimate of drug-likeness (QED) is 0.187. The topological polar surface area (TPSA) is 110 Å². The number of halogens is 1. The second-order valence-electron chi connectivity index (χ2n) is 9.88. The number of esters is 2. The number of Topliss-reactive ketones (excluding diaryl/α,β-unsaturated/α-hetero) is 1. The van der Waals surface area contributed by atoms with E-state index in [0.717, 1.165) is 17.2 Å². The van der Waals surface area contributed by atoms with Crippen LogP contribution in [0.5, 0.6) is 0 Å². The molecule has 36 heavy (non-hydrogen) atoms. The van der Waals surface area contributed by atoms with E-state index < -0.39 is 41.6 Å². The van der Waals surface area contributed by atoms with Gasteiger partial charge in [0.25, 0.3) is 0 Å². The van der Waals surface area contributed by atoms with Crippen molar-refractivity contribution in [2.45, 2.75) is 84.5 Å². The molecule has 0 unspecified atom stereocenters. The third kappa shape index (κ3) is 9.27. The van der Waals surface area contributed by atoms with E-state index in [-0.39, 0.29) is 31.1 Å². The Morgan fingerprint density at radius 2 is 1.97 bits per heavy atom. The minimum absolute atomic E-state index is 0.0863. The molecular formula is C28H41IO7. The van der Waals surface area contributed by atoms with Crippen molar-refractivity contribution in [3.05, 3.63) is 46.6 Å². The molecule has 1 rings (SSSR count). The van der Waals surface area contributed by atoms with Crippen molar-refractivity contribution in [1.82, 2.24) is 0 Å². The fourth-order valence-corrected chi connectivity index (χ4v) is 4.81.